The molecule has 0 fully saturated rings. The standard InChI is InChI=1S/C22H26N2O4/c1-12-14(11-23)19(20-15(24-12)9-22(2,3)10-16(20)25)13-7-17(26-4)21(28-6)18(8-13)27-5/h7-8,14,19H,9-10H2,1-6H3/t14?,19-/m1/s1. The van der Waals surface area contributed by atoms with Crippen molar-refractivity contribution in [1.82, 2.24) is 0 Å². The maximum Gasteiger partial charge on any atom is 0.203 e. The summed E-state index contributed by atoms with van der Waals surface area (Å²) in [6.45, 7) is 6.00. The van der Waals surface area contributed by atoms with Gasteiger partial charge in [-0.25, -0.2) is 0 Å². The Balaban J connectivity index is 2.24. The molecule has 1 aromatic carbocycles. The molecular weight excluding hydrogens is 356 g/mol. The average molecular weight is 382 g/mol. The molecule has 0 N–H and O–H groups in total. The summed E-state index contributed by atoms with van der Waals surface area (Å²) in [5.41, 5.74) is 2.81. The molecule has 1 aromatic rings. The fraction of sp³-hybridized carbons (Fsp3) is 0.500. The summed E-state index contributed by atoms with van der Waals surface area (Å²) in [6.07, 6.45) is 1.16. The highest BCUT2D eigenvalue weighted by Gasteiger charge is 2.43. The first-order valence-electron chi connectivity index (χ1n) is 9.27. The van der Waals surface area contributed by atoms with Crippen LogP contribution in [0, 0.1) is 22.7 Å². The van der Waals surface area contributed by atoms with Crippen molar-refractivity contribution in [2.75, 3.05) is 21.3 Å². The molecule has 28 heavy (non-hydrogen) atoms. The highest BCUT2D eigenvalue weighted by atomic mass is 16.5. The number of nitriles is 1. The van der Waals surface area contributed by atoms with Crippen molar-refractivity contribution in [2.24, 2.45) is 16.3 Å². The summed E-state index contributed by atoms with van der Waals surface area (Å²) in [5, 5.41) is 9.87. The molecule has 0 saturated heterocycles. The van der Waals surface area contributed by atoms with E-state index in [0.717, 1.165) is 17.0 Å². The molecule has 1 unspecified atom stereocenters. The SMILES string of the molecule is COc1cc([C@H]2C3=C(CC(C)(C)CC3=O)N=C(C)C2C#N)cc(OC)c1OC. The molecule has 3 rings (SSSR count). The van der Waals surface area contributed by atoms with Crippen LogP contribution in [0.1, 0.15) is 45.1 Å². The number of Topliss-reactive ketones (excluding diaryl/α,β-unsaturated/α-hetero) is 1. The molecule has 6 heteroatoms. The van der Waals surface area contributed by atoms with Gasteiger partial charge >= 0.3 is 0 Å². The minimum absolute atomic E-state index is 0.0569. The first-order valence-corrected chi connectivity index (χ1v) is 9.27. The van der Waals surface area contributed by atoms with Gasteiger partial charge in [-0.05, 0) is 36.5 Å². The molecule has 0 amide bonds. The molecule has 2 atom stereocenters. The highest BCUT2D eigenvalue weighted by molar-refractivity contribution is 6.03. The number of carbonyl (C=O) groups excluding carboxylic acids is 1. The summed E-state index contributed by atoms with van der Waals surface area (Å²) >= 11 is 0. The molecule has 1 heterocycles. The maximum absolute atomic E-state index is 13.1. The van der Waals surface area contributed by atoms with E-state index in [1.165, 1.54) is 0 Å². The Morgan fingerprint density at radius 1 is 1.11 bits per heavy atom. The van der Waals surface area contributed by atoms with Crippen LogP contribution in [0.2, 0.25) is 0 Å². The van der Waals surface area contributed by atoms with Gasteiger partial charge in [0, 0.05) is 29.3 Å². The first kappa shape index (κ1) is 19.9. The van der Waals surface area contributed by atoms with Crippen LogP contribution in [-0.2, 0) is 4.79 Å². The zero-order valence-corrected chi connectivity index (χ0v) is 17.3. The number of methoxy groups -OCH3 is 3. The van der Waals surface area contributed by atoms with Crippen molar-refractivity contribution in [2.45, 2.75) is 39.5 Å². The van der Waals surface area contributed by atoms with Crippen LogP contribution < -0.4 is 14.2 Å². The maximum atomic E-state index is 13.1. The second-order valence-corrected chi connectivity index (χ2v) is 8.10. The van der Waals surface area contributed by atoms with E-state index in [0.29, 0.717) is 35.7 Å². The molecule has 1 aliphatic carbocycles. The van der Waals surface area contributed by atoms with Crippen LogP contribution in [0.3, 0.4) is 0 Å². The monoisotopic (exact) mass is 382 g/mol. The average Bonchev–Trinajstić information content (AvgIpc) is 2.64. The summed E-state index contributed by atoms with van der Waals surface area (Å²) in [5.74, 6) is 0.607. The van der Waals surface area contributed by atoms with Gasteiger partial charge in [0.25, 0.3) is 0 Å². The zero-order chi connectivity index (χ0) is 20.6. The van der Waals surface area contributed by atoms with Crippen molar-refractivity contribution in [3.05, 3.63) is 29.0 Å². The number of ether oxygens (including phenoxy) is 3. The number of ketones is 1. The van der Waals surface area contributed by atoms with Gasteiger partial charge in [0.15, 0.2) is 17.3 Å². The van der Waals surface area contributed by atoms with Crippen molar-refractivity contribution < 1.29 is 19.0 Å². The highest BCUT2D eigenvalue weighted by Crippen LogP contribution is 2.50. The van der Waals surface area contributed by atoms with Crippen molar-refractivity contribution in [3.63, 3.8) is 0 Å². The second-order valence-electron chi connectivity index (χ2n) is 8.10. The van der Waals surface area contributed by atoms with Gasteiger partial charge < -0.3 is 14.2 Å². The summed E-state index contributed by atoms with van der Waals surface area (Å²) in [4.78, 5) is 17.8. The Labute approximate surface area is 165 Å². The quantitative estimate of drug-likeness (QED) is 0.785. The van der Waals surface area contributed by atoms with Crippen LogP contribution in [0.15, 0.2) is 28.4 Å². The molecule has 1 aliphatic heterocycles. The Hall–Kier alpha value is -2.81. The Morgan fingerprint density at radius 3 is 2.21 bits per heavy atom. The number of carbonyl (C=O) groups is 1. The predicted octanol–water partition coefficient (Wildman–Crippen LogP) is 4.05. The van der Waals surface area contributed by atoms with Gasteiger partial charge in [-0.1, -0.05) is 13.8 Å². The number of rotatable bonds is 4. The lowest BCUT2D eigenvalue weighted by Crippen LogP contribution is -2.35. The van der Waals surface area contributed by atoms with E-state index in [4.69, 9.17) is 14.2 Å². The third-order valence-electron chi connectivity index (χ3n) is 5.49. The van der Waals surface area contributed by atoms with Gasteiger partial charge in [0.1, 0.15) is 0 Å². The lowest BCUT2D eigenvalue weighted by atomic mass is 9.67. The normalized spacial score (nSPS) is 23.5. The van der Waals surface area contributed by atoms with E-state index in [9.17, 15) is 10.1 Å². The molecule has 0 aromatic heterocycles. The minimum Gasteiger partial charge on any atom is -0.493 e. The third-order valence-corrected chi connectivity index (χ3v) is 5.49. The van der Waals surface area contributed by atoms with Gasteiger partial charge in [-0.2, -0.15) is 5.26 Å². The Morgan fingerprint density at radius 2 is 1.71 bits per heavy atom. The minimum atomic E-state index is -0.522. The van der Waals surface area contributed by atoms with E-state index in [1.807, 2.05) is 19.1 Å². The number of hydrogen-bond donors (Lipinski definition) is 0. The molecule has 2 aliphatic rings. The molecule has 0 bridgehead atoms. The molecular formula is C22H26N2O4. The van der Waals surface area contributed by atoms with E-state index >= 15 is 0 Å². The summed E-state index contributed by atoms with van der Waals surface area (Å²) < 4.78 is 16.4. The van der Waals surface area contributed by atoms with Crippen molar-refractivity contribution in [3.8, 4) is 23.3 Å². The number of allylic oxidation sites excluding steroid dienone is 2. The Bertz CT molecular complexity index is 896. The van der Waals surface area contributed by atoms with E-state index < -0.39 is 11.8 Å². The topological polar surface area (TPSA) is 80.9 Å². The van der Waals surface area contributed by atoms with E-state index in [1.54, 1.807) is 21.3 Å². The van der Waals surface area contributed by atoms with Gasteiger partial charge in [0.05, 0.1) is 33.3 Å². The van der Waals surface area contributed by atoms with Crippen LogP contribution in [0.25, 0.3) is 0 Å². The number of benzene rings is 1. The number of aliphatic imine (C=N–C) groups is 1. The van der Waals surface area contributed by atoms with Crippen LogP contribution >= 0.6 is 0 Å². The smallest absolute Gasteiger partial charge is 0.203 e. The van der Waals surface area contributed by atoms with Gasteiger partial charge in [-0.15, -0.1) is 0 Å². The third kappa shape index (κ3) is 3.26. The largest absolute Gasteiger partial charge is 0.493 e. The Kier molecular flexibility index (Phi) is 5.20. The van der Waals surface area contributed by atoms with Crippen molar-refractivity contribution in [1.29, 1.82) is 5.26 Å². The second kappa shape index (κ2) is 7.31. The molecule has 6 nitrogen and oxygen atoms in total. The van der Waals surface area contributed by atoms with Gasteiger partial charge in [-0.3, -0.25) is 9.79 Å². The fourth-order valence-electron chi connectivity index (χ4n) is 4.25. The van der Waals surface area contributed by atoms with Crippen LogP contribution in [-0.4, -0.2) is 32.8 Å². The first-order chi connectivity index (χ1) is 13.3. The summed E-state index contributed by atoms with van der Waals surface area (Å²) in [7, 11) is 4.65. The van der Waals surface area contributed by atoms with Gasteiger partial charge in [0.2, 0.25) is 5.75 Å². The van der Waals surface area contributed by atoms with E-state index in [2.05, 4.69) is 24.9 Å². The lowest BCUT2D eigenvalue weighted by Gasteiger charge is -2.38. The fourth-order valence-corrected chi connectivity index (χ4v) is 4.25. The number of hydrogen-bond acceptors (Lipinski definition) is 6. The van der Waals surface area contributed by atoms with E-state index in [-0.39, 0.29) is 11.2 Å². The van der Waals surface area contributed by atoms with Crippen LogP contribution in [0.4, 0.5) is 0 Å². The lowest BCUT2D eigenvalue weighted by molar-refractivity contribution is -0.118. The molecule has 148 valence electrons. The predicted molar refractivity (Wildman–Crippen MR) is 106 cm³/mol. The van der Waals surface area contributed by atoms with Crippen LogP contribution in [0.5, 0.6) is 17.2 Å². The molecule has 0 spiro atoms. The number of nitrogens with zero attached hydrogens (tertiary/aromatic N) is 2. The molecule has 0 radical (unpaired) electrons. The van der Waals surface area contributed by atoms with Crippen molar-refractivity contribution >= 4 is 11.5 Å². The summed E-state index contributed by atoms with van der Waals surface area (Å²) in [6, 6.07) is 6.00. The molecule has 0 saturated carbocycles. The zero-order valence-electron chi connectivity index (χ0n) is 17.3.